The van der Waals surface area contributed by atoms with Gasteiger partial charge in [-0.3, -0.25) is 0 Å². The lowest BCUT2D eigenvalue weighted by Gasteiger charge is -2.08. The van der Waals surface area contributed by atoms with E-state index in [0.29, 0.717) is 0 Å². The summed E-state index contributed by atoms with van der Waals surface area (Å²) >= 11 is 1.97. The zero-order chi connectivity index (χ0) is 11.8. The van der Waals surface area contributed by atoms with E-state index in [2.05, 4.69) is 50.4 Å². The van der Waals surface area contributed by atoms with Gasteiger partial charge in [0.05, 0.1) is 0 Å². The van der Waals surface area contributed by atoms with E-state index in [9.17, 15) is 0 Å². The van der Waals surface area contributed by atoms with Crippen molar-refractivity contribution in [2.24, 2.45) is 5.92 Å². The summed E-state index contributed by atoms with van der Waals surface area (Å²) < 4.78 is 0. The van der Waals surface area contributed by atoms with Gasteiger partial charge in [0, 0.05) is 17.2 Å². The monoisotopic (exact) mass is 237 g/mol. The summed E-state index contributed by atoms with van der Waals surface area (Å²) in [6.07, 6.45) is 1.27. The van der Waals surface area contributed by atoms with Gasteiger partial charge in [-0.1, -0.05) is 39.3 Å². The summed E-state index contributed by atoms with van der Waals surface area (Å²) in [7, 11) is 0. The van der Waals surface area contributed by atoms with Crippen molar-refractivity contribution in [2.75, 3.05) is 12.3 Å². The molecule has 1 atom stereocenters. The molecule has 90 valence electrons. The van der Waals surface area contributed by atoms with E-state index in [1.807, 2.05) is 11.8 Å². The second-order valence-electron chi connectivity index (χ2n) is 4.25. The lowest BCUT2D eigenvalue weighted by atomic mass is 10.2. The number of hydrogen-bond acceptors (Lipinski definition) is 2. The first-order valence-corrected chi connectivity index (χ1v) is 7.17. The van der Waals surface area contributed by atoms with E-state index in [-0.39, 0.29) is 0 Å². The summed E-state index contributed by atoms with van der Waals surface area (Å²) in [5.74, 6) is 2.04. The highest BCUT2D eigenvalue weighted by molar-refractivity contribution is 7.99. The van der Waals surface area contributed by atoms with Crippen LogP contribution in [-0.4, -0.2) is 12.3 Å². The lowest BCUT2D eigenvalue weighted by molar-refractivity contribution is 0.637. The van der Waals surface area contributed by atoms with Crippen LogP contribution >= 0.6 is 11.8 Å². The normalized spacial score (nSPS) is 12.7. The fraction of sp³-hybridized carbons (Fsp3) is 0.571. The summed E-state index contributed by atoms with van der Waals surface area (Å²) in [5, 5.41) is 3.34. The average Bonchev–Trinajstić information content (AvgIpc) is 2.34. The molecule has 1 aromatic carbocycles. The molecule has 0 aliphatic carbocycles. The van der Waals surface area contributed by atoms with Crippen molar-refractivity contribution < 1.29 is 0 Å². The predicted octanol–water partition coefficient (Wildman–Crippen LogP) is 3.93. The van der Waals surface area contributed by atoms with Crippen molar-refractivity contribution >= 4 is 11.8 Å². The van der Waals surface area contributed by atoms with Gasteiger partial charge in [-0.15, -0.1) is 11.8 Å². The first-order valence-electron chi connectivity index (χ1n) is 6.18. The van der Waals surface area contributed by atoms with E-state index in [4.69, 9.17) is 0 Å². The van der Waals surface area contributed by atoms with Crippen LogP contribution in [0.15, 0.2) is 29.2 Å². The van der Waals surface area contributed by atoms with Gasteiger partial charge in [0.1, 0.15) is 0 Å². The van der Waals surface area contributed by atoms with Crippen LogP contribution in [0.5, 0.6) is 0 Å². The second kappa shape index (κ2) is 7.75. The predicted molar refractivity (Wildman–Crippen MR) is 74.0 cm³/mol. The van der Waals surface area contributed by atoms with Crippen LogP contribution in [0.3, 0.4) is 0 Å². The smallest absolute Gasteiger partial charge is 0.0205 e. The molecule has 1 unspecified atom stereocenters. The third-order valence-corrected chi connectivity index (χ3v) is 4.08. The molecule has 1 rings (SSSR count). The maximum atomic E-state index is 3.34. The van der Waals surface area contributed by atoms with Gasteiger partial charge in [0.15, 0.2) is 0 Å². The molecule has 0 amide bonds. The fourth-order valence-corrected chi connectivity index (χ4v) is 2.37. The minimum atomic E-state index is 0.812. The Balaban J connectivity index is 2.38. The second-order valence-corrected chi connectivity index (χ2v) is 5.34. The third-order valence-electron chi connectivity index (χ3n) is 2.73. The summed E-state index contributed by atoms with van der Waals surface area (Å²) in [6.45, 7) is 8.71. The molecule has 0 bridgehead atoms. The van der Waals surface area contributed by atoms with Crippen molar-refractivity contribution in [3.63, 3.8) is 0 Å². The Morgan fingerprint density at radius 3 is 2.44 bits per heavy atom. The molecule has 0 saturated carbocycles. The van der Waals surface area contributed by atoms with Crippen LogP contribution in [0, 0.1) is 5.92 Å². The van der Waals surface area contributed by atoms with Gasteiger partial charge < -0.3 is 5.32 Å². The van der Waals surface area contributed by atoms with Gasteiger partial charge in [-0.05, 0) is 30.2 Å². The summed E-state index contributed by atoms with van der Waals surface area (Å²) in [5.41, 5.74) is 1.37. The number of rotatable bonds is 7. The highest BCUT2D eigenvalue weighted by Crippen LogP contribution is 2.22. The van der Waals surface area contributed by atoms with Crippen LogP contribution in [0.2, 0.25) is 0 Å². The number of thioether (sulfide) groups is 1. The molecule has 0 fully saturated rings. The SMILES string of the molecule is CCNCc1ccc(SCC(C)CC)cc1. The van der Waals surface area contributed by atoms with Crippen LogP contribution in [0.25, 0.3) is 0 Å². The fourth-order valence-electron chi connectivity index (χ4n) is 1.33. The zero-order valence-corrected chi connectivity index (χ0v) is 11.4. The van der Waals surface area contributed by atoms with E-state index in [0.717, 1.165) is 19.0 Å². The summed E-state index contributed by atoms with van der Waals surface area (Å²) in [4.78, 5) is 1.39. The van der Waals surface area contributed by atoms with Crippen molar-refractivity contribution in [1.29, 1.82) is 0 Å². The minimum Gasteiger partial charge on any atom is -0.313 e. The zero-order valence-electron chi connectivity index (χ0n) is 10.6. The molecule has 0 heterocycles. The average molecular weight is 237 g/mol. The quantitative estimate of drug-likeness (QED) is 0.721. The third kappa shape index (κ3) is 5.04. The summed E-state index contributed by atoms with van der Waals surface area (Å²) in [6, 6.07) is 8.92. The van der Waals surface area contributed by atoms with Gasteiger partial charge in [0.2, 0.25) is 0 Å². The number of nitrogens with one attached hydrogen (secondary N) is 1. The Morgan fingerprint density at radius 2 is 1.88 bits per heavy atom. The number of hydrogen-bond donors (Lipinski definition) is 1. The van der Waals surface area contributed by atoms with Gasteiger partial charge in [0.25, 0.3) is 0 Å². The first-order chi connectivity index (χ1) is 7.76. The van der Waals surface area contributed by atoms with Crippen molar-refractivity contribution in [1.82, 2.24) is 5.32 Å². The molecule has 1 nitrogen and oxygen atoms in total. The van der Waals surface area contributed by atoms with Crippen LogP contribution in [-0.2, 0) is 6.54 Å². The number of benzene rings is 1. The van der Waals surface area contributed by atoms with Crippen LogP contribution in [0.4, 0.5) is 0 Å². The highest BCUT2D eigenvalue weighted by Gasteiger charge is 2.00. The van der Waals surface area contributed by atoms with E-state index in [1.165, 1.54) is 22.6 Å². The molecule has 0 aliphatic heterocycles. The van der Waals surface area contributed by atoms with Crippen molar-refractivity contribution in [3.8, 4) is 0 Å². The van der Waals surface area contributed by atoms with Gasteiger partial charge in [-0.25, -0.2) is 0 Å². The Morgan fingerprint density at radius 1 is 1.19 bits per heavy atom. The van der Waals surface area contributed by atoms with E-state index < -0.39 is 0 Å². The molecule has 0 aliphatic rings. The minimum absolute atomic E-state index is 0.812. The standard InChI is InChI=1S/C14H23NS/c1-4-12(3)11-16-14-8-6-13(7-9-14)10-15-5-2/h6-9,12,15H,4-5,10-11H2,1-3H3. The molecule has 0 aromatic heterocycles. The maximum Gasteiger partial charge on any atom is 0.0205 e. The van der Waals surface area contributed by atoms with Gasteiger partial charge >= 0.3 is 0 Å². The van der Waals surface area contributed by atoms with Crippen molar-refractivity contribution in [2.45, 2.75) is 38.6 Å². The molecule has 1 aromatic rings. The highest BCUT2D eigenvalue weighted by atomic mass is 32.2. The lowest BCUT2D eigenvalue weighted by Crippen LogP contribution is -2.11. The Labute approximate surface area is 104 Å². The van der Waals surface area contributed by atoms with E-state index >= 15 is 0 Å². The molecular weight excluding hydrogens is 214 g/mol. The molecule has 2 heteroatoms. The Kier molecular flexibility index (Phi) is 6.58. The molecular formula is C14H23NS. The molecule has 1 N–H and O–H groups in total. The molecule has 0 saturated heterocycles. The topological polar surface area (TPSA) is 12.0 Å². The first kappa shape index (κ1) is 13.6. The van der Waals surface area contributed by atoms with Gasteiger partial charge in [-0.2, -0.15) is 0 Å². The molecule has 0 spiro atoms. The van der Waals surface area contributed by atoms with E-state index in [1.54, 1.807) is 0 Å². The molecule has 16 heavy (non-hydrogen) atoms. The van der Waals surface area contributed by atoms with Crippen molar-refractivity contribution in [3.05, 3.63) is 29.8 Å². The Bertz CT molecular complexity index is 281. The molecule has 0 radical (unpaired) electrons. The van der Waals surface area contributed by atoms with Crippen LogP contribution < -0.4 is 5.32 Å². The maximum absolute atomic E-state index is 3.34. The Hall–Kier alpha value is -0.470. The van der Waals surface area contributed by atoms with Crippen LogP contribution in [0.1, 0.15) is 32.8 Å². The largest absolute Gasteiger partial charge is 0.313 e.